The molecule has 0 aliphatic carbocycles. The Hall–Kier alpha value is -2.11. The number of benzene rings is 1. The highest BCUT2D eigenvalue weighted by Crippen LogP contribution is 2.17. The van der Waals surface area contributed by atoms with E-state index in [0.717, 1.165) is 5.75 Å². The van der Waals surface area contributed by atoms with Crippen LogP contribution in [0.1, 0.15) is 0 Å². The largest absolute Gasteiger partial charge is 0.491 e. The van der Waals surface area contributed by atoms with Gasteiger partial charge in [-0.2, -0.15) is 0 Å². The molecule has 0 aliphatic heterocycles. The topological polar surface area (TPSA) is 111 Å². The van der Waals surface area contributed by atoms with Crippen LogP contribution in [0.2, 0.25) is 0 Å². The second-order valence-corrected chi connectivity index (χ2v) is 6.69. The van der Waals surface area contributed by atoms with Crippen LogP contribution < -0.4 is 20.1 Å². The number of aliphatic hydroxyl groups is 1. The summed E-state index contributed by atoms with van der Waals surface area (Å²) in [6.45, 7) is 4.41. The molecule has 1 aromatic rings. The van der Waals surface area contributed by atoms with Gasteiger partial charge in [-0.15, -0.1) is 0 Å². The smallest absolute Gasteiger partial charge is 0.317 e. The summed E-state index contributed by atoms with van der Waals surface area (Å²) in [7, 11) is 4.82. The van der Waals surface area contributed by atoms with Crippen molar-refractivity contribution in [3.8, 4) is 11.5 Å². The third-order valence-electron chi connectivity index (χ3n) is 4.20. The molecule has 0 saturated heterocycles. The standard InChI is InChI=1S/C21H37N3O7/c1-27-12-10-24(11-13-28-2)21(26)23-9-8-22-16-18(25)17-31-20-6-4-19(5-7-20)30-15-14-29-3/h4-7,18,22,25H,8-17H2,1-3H3,(H,23,26). The zero-order valence-corrected chi connectivity index (χ0v) is 18.8. The Kier molecular flexibility index (Phi) is 15.3. The van der Waals surface area contributed by atoms with Crippen LogP contribution in [-0.4, -0.2) is 109 Å². The third-order valence-corrected chi connectivity index (χ3v) is 4.20. The van der Waals surface area contributed by atoms with E-state index in [1.54, 1.807) is 50.5 Å². The number of ether oxygens (including phenoxy) is 5. The Bertz CT molecular complexity index is 567. The molecule has 0 radical (unpaired) electrons. The lowest BCUT2D eigenvalue weighted by Gasteiger charge is -2.22. The van der Waals surface area contributed by atoms with Crippen molar-refractivity contribution in [2.24, 2.45) is 0 Å². The molecule has 1 rings (SSSR count). The highest BCUT2D eigenvalue weighted by Gasteiger charge is 2.12. The lowest BCUT2D eigenvalue weighted by molar-refractivity contribution is 0.106. The number of carbonyl (C=O) groups is 1. The zero-order chi connectivity index (χ0) is 22.7. The molecule has 0 aliphatic rings. The lowest BCUT2D eigenvalue weighted by atomic mass is 10.3. The van der Waals surface area contributed by atoms with E-state index < -0.39 is 6.10 Å². The Balaban J connectivity index is 2.16. The first kappa shape index (κ1) is 26.9. The first-order valence-electron chi connectivity index (χ1n) is 10.3. The van der Waals surface area contributed by atoms with Gasteiger partial charge in [-0.3, -0.25) is 0 Å². The second kappa shape index (κ2) is 17.6. The second-order valence-electron chi connectivity index (χ2n) is 6.69. The van der Waals surface area contributed by atoms with Gasteiger partial charge in [-0.1, -0.05) is 0 Å². The number of nitrogens with one attached hydrogen (secondary N) is 2. The number of aliphatic hydroxyl groups excluding tert-OH is 1. The summed E-state index contributed by atoms with van der Waals surface area (Å²) in [5.41, 5.74) is 0. The molecule has 10 nitrogen and oxygen atoms in total. The Labute approximate surface area is 184 Å². The van der Waals surface area contributed by atoms with Gasteiger partial charge in [0.2, 0.25) is 0 Å². The minimum atomic E-state index is -0.673. The van der Waals surface area contributed by atoms with Crippen molar-refractivity contribution in [1.82, 2.24) is 15.5 Å². The normalized spacial score (nSPS) is 11.7. The number of hydrogen-bond acceptors (Lipinski definition) is 8. The van der Waals surface area contributed by atoms with E-state index in [4.69, 9.17) is 23.7 Å². The number of amides is 2. The predicted octanol–water partition coefficient (Wildman–Crippen LogP) is 0.346. The zero-order valence-electron chi connectivity index (χ0n) is 18.8. The van der Waals surface area contributed by atoms with Crippen LogP contribution in [0.4, 0.5) is 4.79 Å². The number of urea groups is 1. The summed E-state index contributed by atoms with van der Waals surface area (Å²) in [6.07, 6.45) is -0.673. The molecule has 1 atom stereocenters. The van der Waals surface area contributed by atoms with Crippen molar-refractivity contribution in [2.75, 3.05) is 87.1 Å². The SMILES string of the molecule is COCCOc1ccc(OCC(O)CNCCNC(=O)N(CCOC)CCOC)cc1. The molecule has 0 saturated carbocycles. The quantitative estimate of drug-likeness (QED) is 0.279. The third kappa shape index (κ3) is 13.0. The van der Waals surface area contributed by atoms with Gasteiger partial charge in [0, 0.05) is 54.1 Å². The summed E-state index contributed by atoms with van der Waals surface area (Å²) in [5, 5.41) is 16.0. The first-order chi connectivity index (χ1) is 15.1. The average molecular weight is 444 g/mol. The summed E-state index contributed by atoms with van der Waals surface area (Å²) < 4.78 is 26.1. The van der Waals surface area contributed by atoms with Crippen LogP contribution in [0, 0.1) is 0 Å². The fourth-order valence-electron chi connectivity index (χ4n) is 2.48. The van der Waals surface area contributed by atoms with E-state index in [-0.39, 0.29) is 12.6 Å². The minimum Gasteiger partial charge on any atom is -0.491 e. The number of hydrogen-bond donors (Lipinski definition) is 3. The molecule has 0 aromatic heterocycles. The van der Waals surface area contributed by atoms with Crippen LogP contribution in [0.15, 0.2) is 24.3 Å². The van der Waals surface area contributed by atoms with Crippen molar-refractivity contribution in [3.63, 3.8) is 0 Å². The minimum absolute atomic E-state index is 0.158. The van der Waals surface area contributed by atoms with Crippen LogP contribution in [0.5, 0.6) is 11.5 Å². The summed E-state index contributed by atoms with van der Waals surface area (Å²) in [6, 6.07) is 7.02. The van der Waals surface area contributed by atoms with E-state index >= 15 is 0 Å². The molecule has 10 heteroatoms. The van der Waals surface area contributed by atoms with Crippen molar-refractivity contribution >= 4 is 6.03 Å². The molecule has 0 fully saturated rings. The van der Waals surface area contributed by atoms with E-state index in [0.29, 0.717) is 64.9 Å². The lowest BCUT2D eigenvalue weighted by Crippen LogP contribution is -2.45. The average Bonchev–Trinajstić information content (AvgIpc) is 2.78. The first-order valence-corrected chi connectivity index (χ1v) is 10.3. The van der Waals surface area contributed by atoms with E-state index in [1.165, 1.54) is 0 Å². The molecule has 1 aromatic carbocycles. The number of methoxy groups -OCH3 is 3. The molecule has 0 spiro atoms. The van der Waals surface area contributed by atoms with Gasteiger partial charge in [-0.25, -0.2) is 4.79 Å². The van der Waals surface area contributed by atoms with Gasteiger partial charge < -0.3 is 44.3 Å². The van der Waals surface area contributed by atoms with E-state index in [9.17, 15) is 9.90 Å². The summed E-state index contributed by atoms with van der Waals surface area (Å²) in [5.74, 6) is 1.38. The highest BCUT2D eigenvalue weighted by atomic mass is 16.5. The monoisotopic (exact) mass is 443 g/mol. The van der Waals surface area contributed by atoms with Crippen molar-refractivity contribution in [2.45, 2.75) is 6.10 Å². The Morgan fingerprint density at radius 3 is 2.06 bits per heavy atom. The summed E-state index contributed by atoms with van der Waals surface area (Å²) >= 11 is 0. The maximum atomic E-state index is 12.2. The molecular formula is C21H37N3O7. The van der Waals surface area contributed by atoms with Gasteiger partial charge in [0.05, 0.1) is 19.8 Å². The molecule has 1 unspecified atom stereocenters. The Morgan fingerprint density at radius 2 is 1.48 bits per heavy atom. The fourth-order valence-corrected chi connectivity index (χ4v) is 2.48. The molecular weight excluding hydrogens is 406 g/mol. The van der Waals surface area contributed by atoms with Crippen molar-refractivity contribution in [1.29, 1.82) is 0 Å². The van der Waals surface area contributed by atoms with Gasteiger partial charge in [0.1, 0.15) is 30.8 Å². The molecule has 31 heavy (non-hydrogen) atoms. The number of carbonyl (C=O) groups excluding carboxylic acids is 1. The fraction of sp³-hybridized carbons (Fsp3) is 0.667. The number of rotatable bonds is 18. The molecule has 3 N–H and O–H groups in total. The van der Waals surface area contributed by atoms with Crippen LogP contribution in [0.3, 0.4) is 0 Å². The van der Waals surface area contributed by atoms with Crippen LogP contribution >= 0.6 is 0 Å². The maximum Gasteiger partial charge on any atom is 0.317 e. The molecule has 178 valence electrons. The van der Waals surface area contributed by atoms with Gasteiger partial charge in [-0.05, 0) is 24.3 Å². The molecule has 0 heterocycles. The van der Waals surface area contributed by atoms with Gasteiger partial charge in [0.25, 0.3) is 0 Å². The van der Waals surface area contributed by atoms with E-state index in [2.05, 4.69) is 10.6 Å². The number of nitrogens with zero attached hydrogens (tertiary/aromatic N) is 1. The van der Waals surface area contributed by atoms with E-state index in [1.807, 2.05) is 0 Å². The Morgan fingerprint density at radius 1 is 0.903 bits per heavy atom. The highest BCUT2D eigenvalue weighted by molar-refractivity contribution is 5.74. The van der Waals surface area contributed by atoms with Crippen LogP contribution in [-0.2, 0) is 14.2 Å². The van der Waals surface area contributed by atoms with Crippen molar-refractivity contribution < 1.29 is 33.6 Å². The van der Waals surface area contributed by atoms with Crippen molar-refractivity contribution in [3.05, 3.63) is 24.3 Å². The van der Waals surface area contributed by atoms with Gasteiger partial charge >= 0.3 is 6.03 Å². The maximum absolute atomic E-state index is 12.2. The van der Waals surface area contributed by atoms with Crippen LogP contribution in [0.25, 0.3) is 0 Å². The van der Waals surface area contributed by atoms with Gasteiger partial charge in [0.15, 0.2) is 0 Å². The predicted molar refractivity (Wildman–Crippen MR) is 117 cm³/mol. The summed E-state index contributed by atoms with van der Waals surface area (Å²) in [4.78, 5) is 13.8. The molecule has 0 bridgehead atoms. The molecule has 2 amide bonds.